The Bertz CT molecular complexity index is 556. The van der Waals surface area contributed by atoms with E-state index in [1.165, 1.54) is 4.31 Å². The predicted molar refractivity (Wildman–Crippen MR) is 73.1 cm³/mol. The molecule has 114 valence electrons. The summed E-state index contributed by atoms with van der Waals surface area (Å²) in [5, 5.41) is 4.32. The van der Waals surface area contributed by atoms with E-state index >= 15 is 0 Å². The summed E-state index contributed by atoms with van der Waals surface area (Å²) in [6.45, 7) is 3.30. The third kappa shape index (κ3) is 3.17. The van der Waals surface area contributed by atoms with Crippen molar-refractivity contribution in [1.82, 2.24) is 23.8 Å². The molecular weight excluding hydrogens is 282 g/mol. The fourth-order valence-corrected chi connectivity index (χ4v) is 3.24. The lowest BCUT2D eigenvalue weighted by molar-refractivity contribution is 0.177. The van der Waals surface area contributed by atoms with Gasteiger partial charge in [-0.15, -0.1) is 0 Å². The molecule has 1 aliphatic rings. The molecule has 1 aliphatic heterocycles. The van der Waals surface area contributed by atoms with Crippen LogP contribution in [0.4, 0.5) is 0 Å². The van der Waals surface area contributed by atoms with Gasteiger partial charge in [-0.2, -0.15) is 22.5 Å². The maximum absolute atomic E-state index is 12.1. The molecule has 0 saturated heterocycles. The van der Waals surface area contributed by atoms with Crippen molar-refractivity contribution in [2.24, 2.45) is 0 Å². The monoisotopic (exact) mass is 303 g/mol. The van der Waals surface area contributed by atoms with Crippen LogP contribution in [0.15, 0.2) is 0 Å². The van der Waals surface area contributed by atoms with Crippen LogP contribution in [0.5, 0.6) is 0 Å². The van der Waals surface area contributed by atoms with Gasteiger partial charge in [-0.3, -0.25) is 0 Å². The van der Waals surface area contributed by atoms with Crippen molar-refractivity contribution in [1.29, 1.82) is 0 Å². The zero-order valence-electron chi connectivity index (χ0n) is 12.0. The fourth-order valence-electron chi connectivity index (χ4n) is 2.14. The standard InChI is InChI=1S/C11H21N5O3S/c1-4-15(2)20(17,18)14-9-6-5-7-16-11(9)12-10(13-16)8-19-3/h9,14H,4-8H2,1-3H3/t9-/m1/s1. The van der Waals surface area contributed by atoms with E-state index in [1.54, 1.807) is 25.8 Å². The van der Waals surface area contributed by atoms with Gasteiger partial charge >= 0.3 is 0 Å². The van der Waals surface area contributed by atoms with Crippen LogP contribution in [0.25, 0.3) is 0 Å². The summed E-state index contributed by atoms with van der Waals surface area (Å²) in [5.41, 5.74) is 0. The molecular formula is C11H21N5O3S. The highest BCUT2D eigenvalue weighted by molar-refractivity contribution is 7.87. The summed E-state index contributed by atoms with van der Waals surface area (Å²) in [4.78, 5) is 4.37. The molecule has 1 aromatic rings. The maximum Gasteiger partial charge on any atom is 0.279 e. The van der Waals surface area contributed by atoms with Crippen LogP contribution in [0.2, 0.25) is 0 Å². The van der Waals surface area contributed by atoms with Gasteiger partial charge in [0.15, 0.2) is 5.82 Å². The first-order valence-electron chi connectivity index (χ1n) is 6.64. The highest BCUT2D eigenvalue weighted by Gasteiger charge is 2.29. The Labute approximate surface area is 119 Å². The van der Waals surface area contributed by atoms with Gasteiger partial charge in [-0.25, -0.2) is 9.67 Å². The summed E-state index contributed by atoms with van der Waals surface area (Å²) >= 11 is 0. The van der Waals surface area contributed by atoms with Crippen LogP contribution in [0.3, 0.4) is 0 Å². The SMILES string of the molecule is CCN(C)S(=O)(=O)N[C@@H]1CCCn2nc(COC)nc21. The van der Waals surface area contributed by atoms with Crippen molar-refractivity contribution in [2.45, 2.75) is 39.0 Å². The van der Waals surface area contributed by atoms with Crippen LogP contribution >= 0.6 is 0 Å². The quantitative estimate of drug-likeness (QED) is 0.802. The number of ether oxygens (including phenoxy) is 1. The molecule has 1 aromatic heterocycles. The van der Waals surface area contributed by atoms with E-state index in [4.69, 9.17) is 4.74 Å². The number of rotatable bonds is 6. The second-order valence-electron chi connectivity index (χ2n) is 4.77. The molecule has 0 aromatic carbocycles. The molecule has 1 N–H and O–H groups in total. The number of aromatic nitrogens is 3. The van der Waals surface area contributed by atoms with E-state index in [1.807, 2.05) is 0 Å². The second kappa shape index (κ2) is 6.17. The maximum atomic E-state index is 12.1. The Kier molecular flexibility index (Phi) is 4.74. The van der Waals surface area contributed by atoms with Gasteiger partial charge in [0.2, 0.25) is 0 Å². The highest BCUT2D eigenvalue weighted by Crippen LogP contribution is 2.24. The predicted octanol–water partition coefficient (Wildman–Crippen LogP) is 0.0455. The molecule has 0 unspecified atom stereocenters. The molecule has 9 heteroatoms. The number of aryl methyl sites for hydroxylation is 1. The molecule has 20 heavy (non-hydrogen) atoms. The Hall–Kier alpha value is -1.03. The Morgan fingerprint density at radius 2 is 2.30 bits per heavy atom. The Morgan fingerprint density at radius 3 is 2.95 bits per heavy atom. The topological polar surface area (TPSA) is 89.4 Å². The Morgan fingerprint density at radius 1 is 1.55 bits per heavy atom. The average molecular weight is 303 g/mol. The molecule has 0 radical (unpaired) electrons. The normalized spacial score (nSPS) is 19.3. The lowest BCUT2D eigenvalue weighted by Gasteiger charge is -2.25. The van der Waals surface area contributed by atoms with E-state index in [0.29, 0.717) is 24.8 Å². The van der Waals surface area contributed by atoms with Gasteiger partial charge in [0.05, 0.1) is 6.04 Å². The smallest absolute Gasteiger partial charge is 0.279 e. The van der Waals surface area contributed by atoms with E-state index in [-0.39, 0.29) is 6.04 Å². The van der Waals surface area contributed by atoms with Gasteiger partial charge in [-0.1, -0.05) is 6.92 Å². The van der Waals surface area contributed by atoms with Crippen molar-refractivity contribution in [3.63, 3.8) is 0 Å². The van der Waals surface area contributed by atoms with Crippen molar-refractivity contribution in [2.75, 3.05) is 20.7 Å². The number of nitrogens with one attached hydrogen (secondary N) is 1. The van der Waals surface area contributed by atoms with Crippen molar-refractivity contribution in [3.8, 4) is 0 Å². The molecule has 1 atom stereocenters. The van der Waals surface area contributed by atoms with Crippen LogP contribution < -0.4 is 4.72 Å². The Balaban J connectivity index is 2.20. The van der Waals surface area contributed by atoms with Gasteiger partial charge in [-0.05, 0) is 12.8 Å². The van der Waals surface area contributed by atoms with Crippen molar-refractivity contribution >= 4 is 10.2 Å². The van der Waals surface area contributed by atoms with Gasteiger partial charge in [0.25, 0.3) is 10.2 Å². The molecule has 0 saturated carbocycles. The number of hydrogen-bond acceptors (Lipinski definition) is 5. The summed E-state index contributed by atoms with van der Waals surface area (Å²) in [6.07, 6.45) is 1.59. The van der Waals surface area contributed by atoms with E-state index in [9.17, 15) is 8.42 Å². The van der Waals surface area contributed by atoms with E-state index in [2.05, 4.69) is 14.8 Å². The molecule has 0 fully saturated rings. The number of methoxy groups -OCH3 is 1. The first-order chi connectivity index (χ1) is 9.47. The third-order valence-corrected chi connectivity index (χ3v) is 5.00. The number of fused-ring (bicyclic) bond motifs is 1. The highest BCUT2D eigenvalue weighted by atomic mass is 32.2. The molecule has 0 aliphatic carbocycles. The van der Waals surface area contributed by atoms with Gasteiger partial charge < -0.3 is 4.74 Å². The minimum absolute atomic E-state index is 0.328. The first-order valence-corrected chi connectivity index (χ1v) is 8.08. The summed E-state index contributed by atoms with van der Waals surface area (Å²) in [6, 6.07) is -0.333. The van der Waals surface area contributed by atoms with Crippen LogP contribution in [0, 0.1) is 0 Å². The summed E-state index contributed by atoms with van der Waals surface area (Å²) < 4.78 is 35.0. The lowest BCUT2D eigenvalue weighted by Crippen LogP contribution is -2.41. The van der Waals surface area contributed by atoms with Crippen molar-refractivity contribution < 1.29 is 13.2 Å². The van der Waals surface area contributed by atoms with Gasteiger partial charge in [0, 0.05) is 27.2 Å². The molecule has 2 rings (SSSR count). The van der Waals surface area contributed by atoms with E-state index < -0.39 is 10.2 Å². The zero-order chi connectivity index (χ0) is 14.8. The van der Waals surface area contributed by atoms with Crippen LogP contribution in [-0.2, 0) is 28.1 Å². The van der Waals surface area contributed by atoms with Crippen LogP contribution in [-0.4, -0.2) is 48.2 Å². The average Bonchev–Trinajstić information content (AvgIpc) is 2.81. The zero-order valence-corrected chi connectivity index (χ0v) is 12.9. The van der Waals surface area contributed by atoms with Gasteiger partial charge in [0.1, 0.15) is 12.4 Å². The van der Waals surface area contributed by atoms with E-state index in [0.717, 1.165) is 19.4 Å². The third-order valence-electron chi connectivity index (χ3n) is 3.34. The summed E-state index contributed by atoms with van der Waals surface area (Å²) in [5.74, 6) is 1.24. The minimum atomic E-state index is -3.48. The molecule has 0 spiro atoms. The van der Waals surface area contributed by atoms with Crippen molar-refractivity contribution in [3.05, 3.63) is 11.6 Å². The van der Waals surface area contributed by atoms with Crippen LogP contribution in [0.1, 0.15) is 37.5 Å². The fraction of sp³-hybridized carbons (Fsp3) is 0.818. The molecule has 0 bridgehead atoms. The largest absolute Gasteiger partial charge is 0.377 e. The lowest BCUT2D eigenvalue weighted by atomic mass is 10.1. The molecule has 0 amide bonds. The molecule has 2 heterocycles. The number of hydrogen-bond donors (Lipinski definition) is 1. The summed E-state index contributed by atoms with van der Waals surface area (Å²) in [7, 11) is -0.357. The second-order valence-corrected chi connectivity index (χ2v) is 6.58. The minimum Gasteiger partial charge on any atom is -0.377 e. The molecule has 8 nitrogen and oxygen atoms in total. The number of nitrogens with zero attached hydrogens (tertiary/aromatic N) is 4. The first kappa shape index (κ1) is 15.4.